The van der Waals surface area contributed by atoms with Gasteiger partial charge in [-0.25, -0.2) is 13.6 Å². The molecule has 0 amide bonds. The lowest BCUT2D eigenvalue weighted by Crippen LogP contribution is -2.14. The van der Waals surface area contributed by atoms with Crippen LogP contribution in [0.4, 0.5) is 8.78 Å². The Morgan fingerprint density at radius 2 is 2.14 bits per heavy atom. The molecule has 0 bridgehead atoms. The molecule has 0 aromatic carbocycles. The number of aromatic carboxylic acids is 1. The number of halogens is 3. The van der Waals surface area contributed by atoms with Gasteiger partial charge in [0.25, 0.3) is 6.43 Å². The lowest BCUT2D eigenvalue weighted by Gasteiger charge is -2.02. The summed E-state index contributed by atoms with van der Waals surface area (Å²) in [5.74, 6) is -1.44. The minimum absolute atomic E-state index is 0.524. The van der Waals surface area contributed by atoms with E-state index in [9.17, 15) is 18.4 Å². The van der Waals surface area contributed by atoms with Crippen LogP contribution in [0.2, 0.25) is 5.15 Å². The van der Waals surface area contributed by atoms with Crippen LogP contribution in [0, 0.1) is 0 Å². The number of aromatic amines is 1. The summed E-state index contributed by atoms with van der Waals surface area (Å²) in [6.07, 6.45) is -3.03. The number of carbonyl (C=O) groups is 1. The second-order valence-electron chi connectivity index (χ2n) is 2.38. The fraction of sp³-hybridized carbons (Fsp3) is 0.143. The van der Waals surface area contributed by atoms with Crippen LogP contribution in [-0.4, -0.2) is 16.1 Å². The monoisotopic (exact) mass is 223 g/mol. The molecule has 4 nitrogen and oxygen atoms in total. The highest BCUT2D eigenvalue weighted by molar-refractivity contribution is 6.30. The Morgan fingerprint density at radius 3 is 2.50 bits per heavy atom. The summed E-state index contributed by atoms with van der Waals surface area (Å²) in [6.45, 7) is 0. The predicted octanol–water partition coefficient (Wildman–Crippen LogP) is 1.66. The number of nitrogens with one attached hydrogen (secondary N) is 1. The van der Waals surface area contributed by atoms with Crippen molar-refractivity contribution in [2.24, 2.45) is 0 Å². The molecule has 2 N–H and O–H groups in total. The molecular formula is C7H4ClF2NO3. The van der Waals surface area contributed by atoms with Crippen LogP contribution in [0.1, 0.15) is 22.5 Å². The first-order valence-electron chi connectivity index (χ1n) is 3.37. The van der Waals surface area contributed by atoms with Gasteiger partial charge in [-0.05, 0) is 0 Å². The molecule has 0 atom stereocenters. The van der Waals surface area contributed by atoms with E-state index in [0.29, 0.717) is 6.07 Å². The predicted molar refractivity (Wildman–Crippen MR) is 44.0 cm³/mol. The summed E-state index contributed by atoms with van der Waals surface area (Å²) in [5.41, 5.74) is -2.54. The Bertz CT molecular complexity index is 429. The first-order valence-corrected chi connectivity index (χ1v) is 3.75. The van der Waals surface area contributed by atoms with E-state index >= 15 is 0 Å². The fourth-order valence-electron chi connectivity index (χ4n) is 0.857. The maximum Gasteiger partial charge on any atom is 0.352 e. The van der Waals surface area contributed by atoms with E-state index in [1.54, 1.807) is 0 Å². The molecule has 0 spiro atoms. The third-order valence-electron chi connectivity index (χ3n) is 1.47. The van der Waals surface area contributed by atoms with E-state index in [1.165, 1.54) is 0 Å². The Labute approximate surface area is 81.1 Å². The SMILES string of the molecule is O=C(O)c1cc(=O)c(C(F)F)c(Cl)[nH]1. The van der Waals surface area contributed by atoms with Crippen LogP contribution < -0.4 is 5.43 Å². The van der Waals surface area contributed by atoms with Gasteiger partial charge in [0.2, 0.25) is 0 Å². The zero-order valence-electron chi connectivity index (χ0n) is 6.55. The highest BCUT2D eigenvalue weighted by atomic mass is 35.5. The molecule has 7 heteroatoms. The first-order chi connectivity index (χ1) is 6.43. The average molecular weight is 224 g/mol. The van der Waals surface area contributed by atoms with Crippen molar-refractivity contribution in [1.82, 2.24) is 4.98 Å². The van der Waals surface area contributed by atoms with Crippen molar-refractivity contribution in [2.75, 3.05) is 0 Å². The van der Waals surface area contributed by atoms with Gasteiger partial charge in [-0.1, -0.05) is 11.6 Å². The van der Waals surface area contributed by atoms with Crippen molar-refractivity contribution in [3.05, 3.63) is 32.7 Å². The van der Waals surface area contributed by atoms with E-state index in [4.69, 9.17) is 16.7 Å². The normalized spacial score (nSPS) is 10.6. The first kappa shape index (κ1) is 10.6. The van der Waals surface area contributed by atoms with Gasteiger partial charge < -0.3 is 10.1 Å². The van der Waals surface area contributed by atoms with Gasteiger partial charge in [0.15, 0.2) is 5.43 Å². The lowest BCUT2D eigenvalue weighted by molar-refractivity contribution is 0.0689. The second-order valence-corrected chi connectivity index (χ2v) is 2.76. The van der Waals surface area contributed by atoms with Crippen molar-refractivity contribution in [3.8, 4) is 0 Å². The second kappa shape index (κ2) is 3.75. The molecule has 0 aliphatic carbocycles. The van der Waals surface area contributed by atoms with Gasteiger partial charge in [0.05, 0.1) is 0 Å². The van der Waals surface area contributed by atoms with Crippen LogP contribution in [0.5, 0.6) is 0 Å². The van der Waals surface area contributed by atoms with E-state index in [2.05, 4.69) is 0 Å². The maximum atomic E-state index is 12.2. The molecule has 14 heavy (non-hydrogen) atoms. The summed E-state index contributed by atoms with van der Waals surface area (Å²) in [7, 11) is 0. The summed E-state index contributed by atoms with van der Waals surface area (Å²) in [6, 6.07) is 0.565. The standard InChI is InChI=1S/C7H4ClF2NO3/c8-5-4(6(9)10)3(12)1-2(11-5)7(13)14/h1,6H,(H,11,12)(H,13,14). The Morgan fingerprint density at radius 1 is 1.57 bits per heavy atom. The van der Waals surface area contributed by atoms with Crippen molar-refractivity contribution < 1.29 is 18.7 Å². The Hall–Kier alpha value is -1.43. The minimum Gasteiger partial charge on any atom is -0.477 e. The number of hydrogen-bond donors (Lipinski definition) is 2. The van der Waals surface area contributed by atoms with Gasteiger partial charge >= 0.3 is 5.97 Å². The number of pyridine rings is 1. The number of rotatable bonds is 2. The molecule has 1 rings (SSSR count). The average Bonchev–Trinajstić information content (AvgIpc) is 2.01. The molecule has 0 radical (unpaired) electrons. The molecule has 0 aliphatic heterocycles. The molecule has 1 aromatic rings. The summed E-state index contributed by atoms with van der Waals surface area (Å²) < 4.78 is 24.3. The number of aromatic nitrogens is 1. The van der Waals surface area contributed by atoms with Crippen LogP contribution in [0.3, 0.4) is 0 Å². The van der Waals surface area contributed by atoms with Crippen LogP contribution in [0.15, 0.2) is 10.9 Å². The zero-order valence-corrected chi connectivity index (χ0v) is 7.31. The number of alkyl halides is 2. The fourth-order valence-corrected chi connectivity index (χ4v) is 1.13. The quantitative estimate of drug-likeness (QED) is 0.749. The van der Waals surface area contributed by atoms with Crippen molar-refractivity contribution in [2.45, 2.75) is 6.43 Å². The summed E-state index contributed by atoms with van der Waals surface area (Å²) >= 11 is 5.27. The van der Waals surface area contributed by atoms with Crippen molar-refractivity contribution in [1.29, 1.82) is 0 Å². The van der Waals surface area contributed by atoms with Gasteiger partial charge in [-0.15, -0.1) is 0 Å². The molecule has 1 aromatic heterocycles. The van der Waals surface area contributed by atoms with E-state index in [-0.39, 0.29) is 0 Å². The zero-order chi connectivity index (χ0) is 10.9. The van der Waals surface area contributed by atoms with Gasteiger partial charge in [-0.3, -0.25) is 4.79 Å². The summed E-state index contributed by atoms with van der Waals surface area (Å²) in [5, 5.41) is 7.80. The number of carboxylic acid groups (broad SMARTS) is 1. The smallest absolute Gasteiger partial charge is 0.352 e. The third kappa shape index (κ3) is 1.90. The van der Waals surface area contributed by atoms with E-state index in [1.807, 2.05) is 4.98 Å². The van der Waals surface area contributed by atoms with Gasteiger partial charge in [-0.2, -0.15) is 0 Å². The molecular weight excluding hydrogens is 220 g/mol. The molecule has 76 valence electrons. The number of carboxylic acids is 1. The van der Waals surface area contributed by atoms with Gasteiger partial charge in [0, 0.05) is 6.07 Å². The maximum absolute atomic E-state index is 12.2. The molecule has 0 fully saturated rings. The highest BCUT2D eigenvalue weighted by Gasteiger charge is 2.19. The van der Waals surface area contributed by atoms with E-state index in [0.717, 1.165) is 0 Å². The van der Waals surface area contributed by atoms with E-state index < -0.39 is 34.2 Å². The minimum atomic E-state index is -3.03. The molecule has 0 saturated heterocycles. The van der Waals surface area contributed by atoms with Crippen LogP contribution in [-0.2, 0) is 0 Å². The largest absolute Gasteiger partial charge is 0.477 e. The van der Waals surface area contributed by atoms with Crippen molar-refractivity contribution in [3.63, 3.8) is 0 Å². The van der Waals surface area contributed by atoms with Crippen LogP contribution >= 0.6 is 11.6 Å². The highest BCUT2D eigenvalue weighted by Crippen LogP contribution is 2.21. The Kier molecular flexibility index (Phi) is 2.85. The van der Waals surface area contributed by atoms with Crippen LogP contribution in [0.25, 0.3) is 0 Å². The molecule has 0 unspecified atom stereocenters. The van der Waals surface area contributed by atoms with Gasteiger partial charge in [0.1, 0.15) is 16.4 Å². The third-order valence-corrected chi connectivity index (χ3v) is 1.77. The Balaban J connectivity index is 3.40. The number of H-pyrrole nitrogens is 1. The lowest BCUT2D eigenvalue weighted by atomic mass is 10.2. The summed E-state index contributed by atoms with van der Waals surface area (Å²) in [4.78, 5) is 23.3. The topological polar surface area (TPSA) is 70.2 Å². The molecule has 1 heterocycles. The molecule has 0 aliphatic rings. The molecule has 0 saturated carbocycles. The number of hydrogen-bond acceptors (Lipinski definition) is 2. The van der Waals surface area contributed by atoms with Crippen molar-refractivity contribution >= 4 is 17.6 Å².